The van der Waals surface area contributed by atoms with E-state index < -0.39 is 12.0 Å². The van der Waals surface area contributed by atoms with Gasteiger partial charge in [-0.05, 0) is 30.0 Å². The molecule has 1 aromatic carbocycles. The highest BCUT2D eigenvalue weighted by molar-refractivity contribution is 7.08. The molecule has 1 amide bonds. The van der Waals surface area contributed by atoms with E-state index in [-0.39, 0.29) is 12.3 Å². The third-order valence-corrected chi connectivity index (χ3v) is 4.46. The van der Waals surface area contributed by atoms with E-state index in [2.05, 4.69) is 5.32 Å². The van der Waals surface area contributed by atoms with Crippen molar-refractivity contribution in [3.63, 3.8) is 0 Å². The van der Waals surface area contributed by atoms with Crippen molar-refractivity contribution in [1.82, 2.24) is 5.32 Å². The van der Waals surface area contributed by atoms with Gasteiger partial charge in [-0.15, -0.1) is 0 Å². The van der Waals surface area contributed by atoms with Gasteiger partial charge in [0, 0.05) is 17.0 Å². The highest BCUT2D eigenvalue weighted by atomic mass is 32.1. The Labute approximate surface area is 144 Å². The number of amides is 1. The van der Waals surface area contributed by atoms with Crippen molar-refractivity contribution in [3.8, 4) is 11.5 Å². The summed E-state index contributed by atoms with van der Waals surface area (Å²) in [6.45, 7) is 1.84. The van der Waals surface area contributed by atoms with E-state index in [0.29, 0.717) is 22.6 Å². The summed E-state index contributed by atoms with van der Waals surface area (Å²) >= 11 is 1.43. The molecule has 128 valence electrons. The van der Waals surface area contributed by atoms with Crippen LogP contribution in [0.25, 0.3) is 0 Å². The van der Waals surface area contributed by atoms with Gasteiger partial charge in [-0.2, -0.15) is 11.3 Å². The maximum Gasteiger partial charge on any atom is 0.305 e. The van der Waals surface area contributed by atoms with Crippen molar-refractivity contribution in [2.45, 2.75) is 19.4 Å². The summed E-state index contributed by atoms with van der Waals surface area (Å²) in [5.74, 6) is -0.272. The van der Waals surface area contributed by atoms with Crippen LogP contribution in [0.15, 0.2) is 29.0 Å². The average Bonchev–Trinajstić information content (AvgIpc) is 2.99. The Hall–Kier alpha value is -2.54. The minimum absolute atomic E-state index is 0.252. The zero-order chi connectivity index (χ0) is 17.7. The van der Waals surface area contributed by atoms with Crippen LogP contribution in [-0.2, 0) is 4.79 Å². The van der Waals surface area contributed by atoms with Crippen LogP contribution in [0.3, 0.4) is 0 Å². The topological polar surface area (TPSA) is 84.9 Å². The van der Waals surface area contributed by atoms with Gasteiger partial charge in [0.25, 0.3) is 5.91 Å². The number of methoxy groups -OCH3 is 2. The van der Waals surface area contributed by atoms with Gasteiger partial charge >= 0.3 is 5.97 Å². The minimum atomic E-state index is -1.01. The zero-order valence-corrected chi connectivity index (χ0v) is 14.5. The van der Waals surface area contributed by atoms with E-state index in [9.17, 15) is 14.7 Å². The molecule has 0 spiro atoms. The molecule has 0 saturated heterocycles. The number of hydrogen-bond acceptors (Lipinski definition) is 5. The number of aliphatic carboxylic acids is 1. The van der Waals surface area contributed by atoms with E-state index in [1.54, 1.807) is 23.6 Å². The summed E-state index contributed by atoms with van der Waals surface area (Å²) < 4.78 is 10.5. The number of rotatable bonds is 7. The monoisotopic (exact) mass is 349 g/mol. The maximum absolute atomic E-state index is 12.5. The number of hydrogen-bond donors (Lipinski definition) is 2. The number of nitrogens with one attached hydrogen (secondary N) is 1. The predicted octanol–water partition coefficient (Wildman–Crippen LogP) is 3.02. The van der Waals surface area contributed by atoms with Crippen LogP contribution >= 0.6 is 11.3 Å². The normalized spacial score (nSPS) is 11.6. The number of carboxylic acids is 1. The molecule has 0 aliphatic heterocycles. The van der Waals surface area contributed by atoms with Crippen LogP contribution in [0, 0.1) is 6.92 Å². The second kappa shape index (κ2) is 7.83. The Morgan fingerprint density at radius 3 is 2.54 bits per heavy atom. The van der Waals surface area contributed by atoms with Crippen molar-refractivity contribution in [2.75, 3.05) is 14.2 Å². The van der Waals surface area contributed by atoms with Gasteiger partial charge in [-0.25, -0.2) is 0 Å². The summed E-state index contributed by atoms with van der Waals surface area (Å²) in [7, 11) is 3.02. The molecule has 0 saturated carbocycles. The quantitative estimate of drug-likeness (QED) is 0.803. The van der Waals surface area contributed by atoms with Crippen LogP contribution in [0.4, 0.5) is 0 Å². The first-order valence-electron chi connectivity index (χ1n) is 7.23. The van der Waals surface area contributed by atoms with Gasteiger partial charge in [-0.1, -0.05) is 0 Å². The van der Waals surface area contributed by atoms with E-state index in [1.165, 1.54) is 25.6 Å². The van der Waals surface area contributed by atoms with Crippen LogP contribution in [0.2, 0.25) is 0 Å². The molecule has 0 bridgehead atoms. The molecular formula is C17H19NO5S. The molecule has 0 aliphatic rings. The van der Waals surface area contributed by atoms with Crippen LogP contribution < -0.4 is 14.8 Å². The summed E-state index contributed by atoms with van der Waals surface area (Å²) in [6, 6.07) is 4.35. The lowest BCUT2D eigenvalue weighted by Gasteiger charge is -2.20. The molecule has 1 heterocycles. The van der Waals surface area contributed by atoms with E-state index in [4.69, 9.17) is 9.47 Å². The van der Waals surface area contributed by atoms with Gasteiger partial charge in [0.2, 0.25) is 0 Å². The van der Waals surface area contributed by atoms with Crippen molar-refractivity contribution < 1.29 is 24.2 Å². The molecule has 2 N–H and O–H groups in total. The summed E-state index contributed by atoms with van der Waals surface area (Å²) in [6.07, 6.45) is -0.252. The third-order valence-electron chi connectivity index (χ3n) is 3.60. The lowest BCUT2D eigenvalue weighted by molar-refractivity contribution is -0.137. The molecule has 6 nitrogen and oxygen atoms in total. The van der Waals surface area contributed by atoms with Gasteiger partial charge in [-0.3, -0.25) is 9.59 Å². The van der Waals surface area contributed by atoms with Gasteiger partial charge in [0.15, 0.2) is 0 Å². The highest BCUT2D eigenvalue weighted by Crippen LogP contribution is 2.31. The molecule has 0 radical (unpaired) electrons. The molecule has 0 fully saturated rings. The summed E-state index contributed by atoms with van der Waals surface area (Å²) in [4.78, 5) is 23.7. The second-order valence-corrected chi connectivity index (χ2v) is 5.94. The van der Waals surface area contributed by atoms with Crippen LogP contribution in [-0.4, -0.2) is 31.2 Å². The number of aryl methyl sites for hydroxylation is 1. The number of carboxylic acid groups (broad SMARTS) is 1. The summed E-state index contributed by atoms with van der Waals surface area (Å²) in [5.41, 5.74) is 1.98. The van der Waals surface area contributed by atoms with Crippen molar-refractivity contribution in [2.24, 2.45) is 0 Å². The van der Waals surface area contributed by atoms with Crippen LogP contribution in [0.5, 0.6) is 11.5 Å². The van der Waals surface area contributed by atoms with E-state index in [0.717, 1.165) is 5.56 Å². The molecule has 0 aliphatic carbocycles. The smallest absolute Gasteiger partial charge is 0.305 e. The Morgan fingerprint density at radius 2 is 2.00 bits per heavy atom. The molecule has 1 aromatic heterocycles. The van der Waals surface area contributed by atoms with Crippen molar-refractivity contribution in [1.29, 1.82) is 0 Å². The van der Waals surface area contributed by atoms with E-state index in [1.807, 2.05) is 12.3 Å². The first-order valence-corrected chi connectivity index (χ1v) is 8.18. The molecule has 7 heteroatoms. The molecule has 1 unspecified atom stereocenters. The van der Waals surface area contributed by atoms with Gasteiger partial charge < -0.3 is 19.9 Å². The number of thiophene rings is 1. The maximum atomic E-state index is 12.5. The van der Waals surface area contributed by atoms with Gasteiger partial charge in [0.1, 0.15) is 11.5 Å². The fourth-order valence-corrected chi connectivity index (χ4v) is 3.18. The van der Waals surface area contributed by atoms with Crippen molar-refractivity contribution in [3.05, 3.63) is 45.6 Å². The standard InChI is InChI=1S/C17H19NO5S/c1-10-8-24-9-13(10)17(21)18-14(7-16(19)20)12-5-4-11(22-2)6-15(12)23-3/h4-6,8-9,14H,7H2,1-3H3,(H,18,21)(H,19,20). The number of carbonyl (C=O) groups is 2. The zero-order valence-electron chi connectivity index (χ0n) is 13.7. The van der Waals surface area contributed by atoms with Gasteiger partial charge in [0.05, 0.1) is 32.2 Å². The number of benzene rings is 1. The number of carbonyl (C=O) groups excluding carboxylic acids is 1. The largest absolute Gasteiger partial charge is 0.497 e. The van der Waals surface area contributed by atoms with E-state index >= 15 is 0 Å². The lowest BCUT2D eigenvalue weighted by atomic mass is 10.0. The number of ether oxygens (including phenoxy) is 2. The average molecular weight is 349 g/mol. The lowest BCUT2D eigenvalue weighted by Crippen LogP contribution is -2.30. The Morgan fingerprint density at radius 1 is 1.25 bits per heavy atom. The first-order chi connectivity index (χ1) is 11.5. The summed E-state index contributed by atoms with van der Waals surface area (Å²) in [5, 5.41) is 15.6. The minimum Gasteiger partial charge on any atom is -0.497 e. The predicted molar refractivity (Wildman–Crippen MR) is 91.1 cm³/mol. The Bertz CT molecular complexity index is 740. The molecule has 1 atom stereocenters. The highest BCUT2D eigenvalue weighted by Gasteiger charge is 2.23. The van der Waals surface area contributed by atoms with Crippen LogP contribution in [0.1, 0.15) is 33.9 Å². The Balaban J connectivity index is 2.33. The SMILES string of the molecule is COc1ccc(C(CC(=O)O)NC(=O)c2cscc2C)c(OC)c1. The molecule has 2 rings (SSSR count). The fourth-order valence-electron chi connectivity index (χ4n) is 2.35. The Kier molecular flexibility index (Phi) is 5.81. The molecule has 2 aromatic rings. The third kappa shape index (κ3) is 4.05. The fraction of sp³-hybridized carbons (Fsp3) is 0.294. The molecular weight excluding hydrogens is 330 g/mol. The van der Waals surface area contributed by atoms with Crippen molar-refractivity contribution >= 4 is 23.2 Å². The second-order valence-electron chi connectivity index (χ2n) is 5.20. The first kappa shape index (κ1) is 17.8. The molecule has 24 heavy (non-hydrogen) atoms.